The Morgan fingerprint density at radius 3 is 2.64 bits per heavy atom. The van der Waals surface area contributed by atoms with E-state index in [1.165, 1.54) is 7.11 Å². The number of para-hydroxylation sites is 1. The molecule has 0 bridgehead atoms. The number of rotatable bonds is 6. The molecule has 5 nitrogen and oxygen atoms in total. The van der Waals surface area contributed by atoms with Crippen molar-refractivity contribution in [2.24, 2.45) is 0 Å². The Hall–Kier alpha value is -1.69. The molecule has 1 saturated heterocycles. The molecule has 1 aromatic carbocycles. The Morgan fingerprint density at radius 2 is 2.00 bits per heavy atom. The number of ketones is 1. The normalized spacial score (nSPS) is 15.2. The van der Waals surface area contributed by atoms with Crippen molar-refractivity contribution < 1.29 is 23.8 Å². The first kappa shape index (κ1) is 16.7. The lowest BCUT2D eigenvalue weighted by molar-refractivity contribution is -0.137. The minimum absolute atomic E-state index is 0.0336. The molecule has 0 N–H and O–H groups in total. The van der Waals surface area contributed by atoms with Crippen LogP contribution >= 0.6 is 11.8 Å². The summed E-state index contributed by atoms with van der Waals surface area (Å²) in [5.74, 6) is 1.26. The molecule has 0 saturated carbocycles. The van der Waals surface area contributed by atoms with Crippen molar-refractivity contribution in [1.29, 1.82) is 0 Å². The third-order valence-electron chi connectivity index (χ3n) is 3.36. The van der Waals surface area contributed by atoms with Gasteiger partial charge in [-0.3, -0.25) is 4.79 Å². The van der Waals surface area contributed by atoms with E-state index in [9.17, 15) is 9.59 Å². The number of Topliss-reactive ketones (excluding diaryl/α,β-unsaturated/α-hetero) is 1. The number of ether oxygens (including phenoxy) is 3. The predicted octanol–water partition coefficient (Wildman–Crippen LogP) is 2.72. The molecule has 0 atom stereocenters. The third kappa shape index (κ3) is 3.94. The van der Waals surface area contributed by atoms with Crippen LogP contribution in [0.1, 0.15) is 30.1 Å². The number of methoxy groups -OCH3 is 1. The molecule has 0 aliphatic carbocycles. The molecule has 0 unspecified atom stereocenters. The largest absolute Gasteiger partial charge is 0.493 e. The summed E-state index contributed by atoms with van der Waals surface area (Å²) in [5, 5.41) is 0. The molecule has 120 valence electrons. The minimum atomic E-state index is -0.875. The van der Waals surface area contributed by atoms with Crippen molar-refractivity contribution in [3.05, 3.63) is 23.8 Å². The van der Waals surface area contributed by atoms with Crippen molar-refractivity contribution in [2.75, 3.05) is 25.2 Å². The molecule has 22 heavy (non-hydrogen) atoms. The average Bonchev–Trinajstić information content (AvgIpc) is 2.55. The summed E-state index contributed by atoms with van der Waals surface area (Å²) < 4.78 is 16.1. The number of benzene rings is 1. The smallest absolute Gasteiger partial charge is 0.379 e. The van der Waals surface area contributed by atoms with E-state index < -0.39 is 11.8 Å². The monoisotopic (exact) mass is 324 g/mol. The quantitative estimate of drug-likeness (QED) is 0.455. The van der Waals surface area contributed by atoms with E-state index in [-0.39, 0.29) is 18.3 Å². The van der Waals surface area contributed by atoms with Crippen molar-refractivity contribution in [2.45, 2.75) is 25.9 Å². The summed E-state index contributed by atoms with van der Waals surface area (Å²) in [6.07, 6.45) is 1.86. The van der Waals surface area contributed by atoms with Crippen molar-refractivity contribution >= 4 is 23.5 Å². The van der Waals surface area contributed by atoms with Crippen LogP contribution in [0.4, 0.5) is 0 Å². The fourth-order valence-corrected chi connectivity index (χ4v) is 3.31. The number of hydrogen-bond acceptors (Lipinski definition) is 6. The number of thioether (sulfide) groups is 1. The van der Waals surface area contributed by atoms with Gasteiger partial charge in [0.05, 0.1) is 19.3 Å². The third-order valence-corrected chi connectivity index (χ3v) is 4.41. The molecule has 0 spiro atoms. The maximum atomic E-state index is 12.3. The Kier molecular flexibility index (Phi) is 6.12. The minimum Gasteiger partial charge on any atom is -0.493 e. The summed E-state index contributed by atoms with van der Waals surface area (Å²) >= 11 is 1.89. The first-order chi connectivity index (χ1) is 10.7. The van der Waals surface area contributed by atoms with Crippen molar-refractivity contribution in [3.63, 3.8) is 0 Å². The van der Waals surface area contributed by atoms with Gasteiger partial charge in [-0.2, -0.15) is 11.8 Å². The lowest BCUT2D eigenvalue weighted by atomic mass is 10.1. The first-order valence-corrected chi connectivity index (χ1v) is 8.45. The van der Waals surface area contributed by atoms with Gasteiger partial charge in [-0.1, -0.05) is 6.07 Å². The summed E-state index contributed by atoms with van der Waals surface area (Å²) in [6, 6.07) is 4.94. The van der Waals surface area contributed by atoms with Crippen LogP contribution in [0.15, 0.2) is 18.2 Å². The van der Waals surface area contributed by atoms with Gasteiger partial charge in [0, 0.05) is 0 Å². The number of esters is 1. The maximum absolute atomic E-state index is 12.3. The lowest BCUT2D eigenvalue weighted by Gasteiger charge is -2.24. The number of carbonyl (C=O) groups excluding carboxylic acids is 2. The molecule has 1 aliphatic heterocycles. The van der Waals surface area contributed by atoms with Gasteiger partial charge >= 0.3 is 5.97 Å². The maximum Gasteiger partial charge on any atom is 0.379 e. The van der Waals surface area contributed by atoms with Gasteiger partial charge < -0.3 is 14.2 Å². The molecular weight excluding hydrogens is 304 g/mol. The van der Waals surface area contributed by atoms with Crippen LogP contribution < -0.4 is 9.47 Å². The zero-order chi connectivity index (χ0) is 15.9. The van der Waals surface area contributed by atoms with Crippen molar-refractivity contribution in [3.8, 4) is 11.5 Å². The molecule has 1 aliphatic rings. The second kappa shape index (κ2) is 8.08. The van der Waals surface area contributed by atoms with Gasteiger partial charge in [0.2, 0.25) is 0 Å². The van der Waals surface area contributed by atoms with E-state index in [0.717, 1.165) is 24.3 Å². The van der Waals surface area contributed by atoms with Crippen LogP contribution in [0.3, 0.4) is 0 Å². The second-order valence-corrected chi connectivity index (χ2v) is 6.04. The number of carbonyl (C=O) groups is 2. The van der Waals surface area contributed by atoms with Crippen LogP contribution in [-0.4, -0.2) is 43.1 Å². The summed E-state index contributed by atoms with van der Waals surface area (Å²) in [4.78, 5) is 24.0. The van der Waals surface area contributed by atoms with Gasteiger partial charge in [0.1, 0.15) is 6.10 Å². The van der Waals surface area contributed by atoms with Crippen molar-refractivity contribution in [1.82, 2.24) is 0 Å². The highest BCUT2D eigenvalue weighted by molar-refractivity contribution is 7.99. The van der Waals surface area contributed by atoms with E-state index in [0.29, 0.717) is 11.5 Å². The number of hydrogen-bond donors (Lipinski definition) is 0. The highest BCUT2D eigenvalue weighted by atomic mass is 32.2. The first-order valence-electron chi connectivity index (χ1n) is 7.30. The highest BCUT2D eigenvalue weighted by Crippen LogP contribution is 2.34. The Morgan fingerprint density at radius 1 is 1.27 bits per heavy atom. The molecule has 6 heteroatoms. The second-order valence-electron chi connectivity index (χ2n) is 4.82. The molecule has 0 radical (unpaired) electrons. The van der Waals surface area contributed by atoms with Gasteiger partial charge in [0.15, 0.2) is 11.5 Å². The fourth-order valence-electron chi connectivity index (χ4n) is 2.24. The van der Waals surface area contributed by atoms with Gasteiger partial charge in [-0.15, -0.1) is 0 Å². The molecule has 0 amide bonds. The van der Waals surface area contributed by atoms with E-state index in [1.54, 1.807) is 25.1 Å². The summed E-state index contributed by atoms with van der Waals surface area (Å²) in [5.41, 5.74) is 0.191. The molecule has 1 fully saturated rings. The zero-order valence-corrected chi connectivity index (χ0v) is 13.6. The lowest BCUT2D eigenvalue weighted by Crippen LogP contribution is -2.25. The van der Waals surface area contributed by atoms with Crippen LogP contribution in [0, 0.1) is 0 Å². The SMILES string of the molecule is CCOC(=O)C(=O)c1cccc(OC)c1OC1CCSCC1. The zero-order valence-electron chi connectivity index (χ0n) is 12.8. The fraction of sp³-hybridized carbons (Fsp3) is 0.500. The average molecular weight is 324 g/mol. The van der Waals surface area contributed by atoms with E-state index >= 15 is 0 Å². The molecule has 1 aromatic rings. The van der Waals surface area contributed by atoms with E-state index in [2.05, 4.69) is 0 Å². The summed E-state index contributed by atoms with van der Waals surface area (Å²) in [6.45, 7) is 1.82. The van der Waals surface area contributed by atoms with Gasteiger partial charge in [-0.05, 0) is 43.4 Å². The molecular formula is C16H20O5S. The van der Waals surface area contributed by atoms with Crippen LogP contribution in [0.2, 0.25) is 0 Å². The predicted molar refractivity (Wildman–Crippen MR) is 84.9 cm³/mol. The summed E-state index contributed by atoms with van der Waals surface area (Å²) in [7, 11) is 1.51. The van der Waals surface area contributed by atoms with Crippen LogP contribution in [0.5, 0.6) is 11.5 Å². The Labute approximate surface area is 134 Å². The Bertz CT molecular complexity index is 537. The van der Waals surface area contributed by atoms with Crippen LogP contribution in [0.25, 0.3) is 0 Å². The molecule has 2 rings (SSSR count). The van der Waals surface area contributed by atoms with Gasteiger partial charge in [0.25, 0.3) is 5.78 Å². The van der Waals surface area contributed by atoms with Gasteiger partial charge in [-0.25, -0.2) is 4.79 Å². The highest BCUT2D eigenvalue weighted by Gasteiger charge is 2.26. The topological polar surface area (TPSA) is 61.8 Å². The standard InChI is InChI=1S/C16H20O5S/c1-3-20-16(18)14(17)12-5-4-6-13(19-2)15(12)21-11-7-9-22-10-8-11/h4-6,11H,3,7-10H2,1-2H3. The molecule has 1 heterocycles. The Balaban J connectivity index is 2.28. The van der Waals surface area contributed by atoms with Crippen LogP contribution in [-0.2, 0) is 9.53 Å². The van der Waals surface area contributed by atoms with E-state index in [1.807, 2.05) is 11.8 Å². The molecule has 0 aromatic heterocycles. The van der Waals surface area contributed by atoms with E-state index in [4.69, 9.17) is 14.2 Å².